The molecule has 1 saturated carbocycles. The zero-order valence-corrected chi connectivity index (χ0v) is 13.0. The van der Waals surface area contributed by atoms with Crippen LogP contribution in [-0.2, 0) is 19.1 Å². The van der Waals surface area contributed by atoms with E-state index in [9.17, 15) is 14.4 Å². The monoisotopic (exact) mass is 298 g/mol. The molecule has 4 nitrogen and oxygen atoms in total. The summed E-state index contributed by atoms with van der Waals surface area (Å²) in [6, 6.07) is 0. The molecule has 5 heteroatoms. The highest BCUT2D eigenvalue weighted by Crippen LogP contribution is 2.38. The Morgan fingerprint density at radius 1 is 1.35 bits per heavy atom. The molecule has 0 aromatic heterocycles. The van der Waals surface area contributed by atoms with Gasteiger partial charge in [0.15, 0.2) is 0 Å². The molecule has 0 aromatic rings. The van der Waals surface area contributed by atoms with E-state index in [0.29, 0.717) is 18.6 Å². The van der Waals surface area contributed by atoms with E-state index in [1.54, 1.807) is 13.0 Å². The molecule has 0 aromatic carbocycles. The van der Waals surface area contributed by atoms with E-state index in [-0.39, 0.29) is 23.9 Å². The van der Waals surface area contributed by atoms with Gasteiger partial charge in [-0.25, -0.2) is 0 Å². The van der Waals surface area contributed by atoms with Crippen molar-refractivity contribution >= 4 is 28.6 Å². The smallest absolute Gasteiger partial charge is 0.319 e. The van der Waals surface area contributed by atoms with Crippen LogP contribution in [0.4, 0.5) is 0 Å². The average molecular weight is 298 g/mol. The molecule has 0 radical (unpaired) electrons. The molecule has 0 amide bonds. The van der Waals surface area contributed by atoms with Gasteiger partial charge in [0.1, 0.15) is 11.2 Å². The van der Waals surface area contributed by atoms with Gasteiger partial charge in [-0.15, -0.1) is 0 Å². The zero-order valence-electron chi connectivity index (χ0n) is 12.1. The number of allylic oxidation sites excluding steroid dienone is 1. The molecule has 0 aliphatic heterocycles. The molecule has 112 valence electrons. The van der Waals surface area contributed by atoms with E-state index < -0.39 is 11.4 Å². The molecule has 0 N–H and O–H groups in total. The fourth-order valence-electron chi connectivity index (χ4n) is 2.42. The van der Waals surface area contributed by atoms with Crippen molar-refractivity contribution in [1.29, 1.82) is 0 Å². The molecule has 1 atom stereocenters. The minimum atomic E-state index is -1.07. The van der Waals surface area contributed by atoms with Crippen LogP contribution in [0.3, 0.4) is 0 Å². The largest absolute Gasteiger partial charge is 0.465 e. The summed E-state index contributed by atoms with van der Waals surface area (Å²) in [5.41, 5.74) is -1.07. The highest BCUT2D eigenvalue weighted by atomic mass is 32.2. The number of carbonyl (C=O) groups excluding carboxylic acids is 3. The Hall–Kier alpha value is -1.10. The van der Waals surface area contributed by atoms with E-state index in [1.807, 2.05) is 6.92 Å². The second-order valence-corrected chi connectivity index (χ2v) is 6.06. The number of carbonyl (C=O) groups is 3. The fourth-order valence-corrected chi connectivity index (χ4v) is 2.90. The van der Waals surface area contributed by atoms with E-state index in [2.05, 4.69) is 0 Å². The Bertz CT molecular complexity index is 403. The van der Waals surface area contributed by atoms with Crippen molar-refractivity contribution in [3.63, 3.8) is 0 Å². The lowest BCUT2D eigenvalue weighted by Gasteiger charge is -2.32. The van der Waals surface area contributed by atoms with Crippen LogP contribution in [-0.4, -0.2) is 29.2 Å². The van der Waals surface area contributed by atoms with Gasteiger partial charge in [0, 0.05) is 6.42 Å². The van der Waals surface area contributed by atoms with Gasteiger partial charge < -0.3 is 4.74 Å². The number of esters is 1. The molecule has 1 rings (SSSR count). The van der Waals surface area contributed by atoms with E-state index in [0.717, 1.165) is 12.8 Å². The van der Waals surface area contributed by atoms with Crippen molar-refractivity contribution in [2.45, 2.75) is 46.0 Å². The lowest BCUT2D eigenvalue weighted by molar-refractivity contribution is -0.162. The van der Waals surface area contributed by atoms with Crippen LogP contribution in [0.1, 0.15) is 46.0 Å². The lowest BCUT2D eigenvalue weighted by Crippen LogP contribution is -2.42. The SMILES string of the molecule is CCOC(=O)C1(C/C=C/C(=O)SCC)CCCCC1=O. The van der Waals surface area contributed by atoms with E-state index in [1.165, 1.54) is 17.8 Å². The standard InChI is InChI=1S/C15H22O4S/c1-3-19-14(18)15(10-6-5-8-12(15)16)11-7-9-13(17)20-4-2/h7,9H,3-6,8,10-11H2,1-2H3/b9-7+. The predicted octanol–water partition coefficient (Wildman–Crippen LogP) is 2.91. The third-order valence-electron chi connectivity index (χ3n) is 3.46. The fraction of sp³-hybridized carbons (Fsp3) is 0.667. The van der Waals surface area contributed by atoms with E-state index >= 15 is 0 Å². The quantitative estimate of drug-likeness (QED) is 0.429. The van der Waals surface area contributed by atoms with Crippen LogP contribution in [0.2, 0.25) is 0 Å². The molecule has 0 spiro atoms. The van der Waals surface area contributed by atoms with Crippen molar-refractivity contribution < 1.29 is 19.1 Å². The Labute approximate surface area is 124 Å². The van der Waals surface area contributed by atoms with Crippen LogP contribution in [0, 0.1) is 5.41 Å². The number of thioether (sulfide) groups is 1. The Kier molecular flexibility index (Phi) is 6.99. The van der Waals surface area contributed by atoms with Crippen LogP contribution >= 0.6 is 11.8 Å². The van der Waals surface area contributed by atoms with E-state index in [4.69, 9.17) is 4.74 Å². The summed E-state index contributed by atoms with van der Waals surface area (Å²) in [6.07, 6.45) is 5.97. The molecule has 1 aliphatic carbocycles. The summed E-state index contributed by atoms with van der Waals surface area (Å²) in [7, 11) is 0. The Morgan fingerprint density at radius 2 is 2.10 bits per heavy atom. The summed E-state index contributed by atoms with van der Waals surface area (Å²) >= 11 is 1.21. The third kappa shape index (κ3) is 4.20. The highest BCUT2D eigenvalue weighted by Gasteiger charge is 2.46. The number of rotatable bonds is 6. The lowest BCUT2D eigenvalue weighted by atomic mass is 9.70. The molecule has 0 saturated heterocycles. The number of ether oxygens (including phenoxy) is 1. The van der Waals surface area contributed by atoms with Crippen LogP contribution in [0.25, 0.3) is 0 Å². The zero-order chi connectivity index (χ0) is 15.0. The predicted molar refractivity (Wildman–Crippen MR) is 79.4 cm³/mol. The van der Waals surface area contributed by atoms with Gasteiger partial charge in [-0.05, 0) is 38.0 Å². The first kappa shape index (κ1) is 17.0. The topological polar surface area (TPSA) is 60.4 Å². The summed E-state index contributed by atoms with van der Waals surface area (Å²) in [5.74, 6) is 0.220. The Balaban J connectivity index is 2.80. The maximum atomic E-state index is 12.2. The van der Waals surface area contributed by atoms with Gasteiger partial charge in [0.05, 0.1) is 6.61 Å². The first-order valence-electron chi connectivity index (χ1n) is 7.10. The molecule has 1 aliphatic rings. The molecule has 1 fully saturated rings. The third-order valence-corrected chi connectivity index (χ3v) is 4.17. The van der Waals surface area contributed by atoms with Crippen LogP contribution in [0.15, 0.2) is 12.2 Å². The number of hydrogen-bond acceptors (Lipinski definition) is 5. The van der Waals surface area contributed by atoms with Crippen molar-refractivity contribution in [1.82, 2.24) is 0 Å². The first-order chi connectivity index (χ1) is 9.56. The van der Waals surface area contributed by atoms with Gasteiger partial charge in [-0.3, -0.25) is 14.4 Å². The maximum absolute atomic E-state index is 12.2. The average Bonchev–Trinajstić information content (AvgIpc) is 2.41. The van der Waals surface area contributed by atoms with Crippen LogP contribution < -0.4 is 0 Å². The van der Waals surface area contributed by atoms with Gasteiger partial charge in [0.25, 0.3) is 0 Å². The minimum Gasteiger partial charge on any atom is -0.465 e. The number of hydrogen-bond donors (Lipinski definition) is 0. The minimum absolute atomic E-state index is 0.0465. The van der Waals surface area contributed by atoms with Crippen molar-refractivity contribution in [3.05, 3.63) is 12.2 Å². The normalized spacial score (nSPS) is 23.0. The summed E-state index contributed by atoms with van der Waals surface area (Å²) in [6.45, 7) is 3.90. The van der Waals surface area contributed by atoms with Crippen molar-refractivity contribution in [2.24, 2.45) is 5.41 Å². The van der Waals surface area contributed by atoms with Crippen LogP contribution in [0.5, 0.6) is 0 Å². The Morgan fingerprint density at radius 3 is 2.70 bits per heavy atom. The van der Waals surface area contributed by atoms with Gasteiger partial charge in [-0.1, -0.05) is 31.2 Å². The van der Waals surface area contributed by atoms with Crippen molar-refractivity contribution in [2.75, 3.05) is 12.4 Å². The second-order valence-electron chi connectivity index (χ2n) is 4.79. The molecule has 20 heavy (non-hydrogen) atoms. The molecular formula is C15H22O4S. The second kappa shape index (κ2) is 8.25. The summed E-state index contributed by atoms with van der Waals surface area (Å²) < 4.78 is 5.08. The highest BCUT2D eigenvalue weighted by molar-refractivity contribution is 8.14. The van der Waals surface area contributed by atoms with Gasteiger partial charge >= 0.3 is 5.97 Å². The molecule has 0 bridgehead atoms. The van der Waals surface area contributed by atoms with Gasteiger partial charge in [0.2, 0.25) is 5.12 Å². The summed E-state index contributed by atoms with van der Waals surface area (Å²) in [5, 5.41) is -0.0465. The van der Waals surface area contributed by atoms with Gasteiger partial charge in [-0.2, -0.15) is 0 Å². The molecule has 0 heterocycles. The summed E-state index contributed by atoms with van der Waals surface area (Å²) in [4.78, 5) is 35.8. The molecule has 1 unspecified atom stereocenters. The number of Topliss-reactive ketones (excluding diaryl/α,β-unsaturated/α-hetero) is 1. The maximum Gasteiger partial charge on any atom is 0.319 e. The molecular weight excluding hydrogens is 276 g/mol. The number of ketones is 1. The first-order valence-corrected chi connectivity index (χ1v) is 8.09. The van der Waals surface area contributed by atoms with Crippen molar-refractivity contribution in [3.8, 4) is 0 Å².